The van der Waals surface area contributed by atoms with E-state index in [1.54, 1.807) is 12.1 Å². The molecule has 1 rings (SSSR count). The summed E-state index contributed by atoms with van der Waals surface area (Å²) in [6.45, 7) is 5.01. The predicted molar refractivity (Wildman–Crippen MR) is 74.0 cm³/mol. The number of hydrogen-bond donors (Lipinski definition) is 2. The average Bonchev–Trinajstić information content (AvgIpc) is 2.34. The zero-order valence-electron chi connectivity index (χ0n) is 10.8. The van der Waals surface area contributed by atoms with Crippen LogP contribution >= 0.6 is 0 Å². The number of carbonyl (C=O) groups is 1. The highest BCUT2D eigenvalue weighted by molar-refractivity contribution is 5.91. The van der Waals surface area contributed by atoms with Gasteiger partial charge in [-0.15, -0.1) is 0 Å². The molecule has 1 atom stereocenters. The van der Waals surface area contributed by atoms with Crippen molar-refractivity contribution < 1.29 is 9.53 Å². The second-order valence-electron chi connectivity index (χ2n) is 4.01. The first-order valence-electron chi connectivity index (χ1n) is 6.05. The molecule has 1 unspecified atom stereocenters. The summed E-state index contributed by atoms with van der Waals surface area (Å²) in [5.74, 6) is -0.135. The molecule has 0 saturated carbocycles. The summed E-state index contributed by atoms with van der Waals surface area (Å²) in [7, 11) is 0. The summed E-state index contributed by atoms with van der Waals surface area (Å²) < 4.78 is 5.32. The summed E-state index contributed by atoms with van der Waals surface area (Å²) in [4.78, 5) is 11.5. The SMILES string of the molecule is CCOC(C)CNC(=O)/C=C/c1cccc(N)c1. The van der Waals surface area contributed by atoms with Crippen molar-refractivity contribution in [3.63, 3.8) is 0 Å². The number of anilines is 1. The van der Waals surface area contributed by atoms with E-state index in [2.05, 4.69) is 5.32 Å². The molecule has 98 valence electrons. The van der Waals surface area contributed by atoms with Crippen molar-refractivity contribution in [1.82, 2.24) is 5.32 Å². The molecule has 1 aromatic carbocycles. The van der Waals surface area contributed by atoms with Crippen LogP contribution in [-0.4, -0.2) is 25.2 Å². The number of ether oxygens (including phenoxy) is 1. The smallest absolute Gasteiger partial charge is 0.244 e. The molecule has 18 heavy (non-hydrogen) atoms. The normalized spacial score (nSPS) is 12.6. The van der Waals surface area contributed by atoms with E-state index in [9.17, 15) is 4.79 Å². The van der Waals surface area contributed by atoms with E-state index in [1.165, 1.54) is 6.08 Å². The Morgan fingerprint density at radius 2 is 2.33 bits per heavy atom. The Kier molecular flexibility index (Phi) is 5.94. The molecule has 0 radical (unpaired) electrons. The molecule has 4 heteroatoms. The lowest BCUT2D eigenvalue weighted by atomic mass is 10.2. The Hall–Kier alpha value is -1.81. The lowest BCUT2D eigenvalue weighted by molar-refractivity contribution is -0.117. The van der Waals surface area contributed by atoms with Gasteiger partial charge in [0, 0.05) is 24.9 Å². The molecule has 0 aliphatic heterocycles. The molecule has 1 amide bonds. The number of nitrogen functional groups attached to an aromatic ring is 1. The van der Waals surface area contributed by atoms with Crippen molar-refractivity contribution in [2.45, 2.75) is 20.0 Å². The van der Waals surface area contributed by atoms with Crippen molar-refractivity contribution >= 4 is 17.7 Å². The Labute approximate surface area is 108 Å². The van der Waals surface area contributed by atoms with E-state index >= 15 is 0 Å². The second kappa shape index (κ2) is 7.50. The molecule has 1 aromatic rings. The van der Waals surface area contributed by atoms with Crippen LogP contribution in [0.15, 0.2) is 30.3 Å². The van der Waals surface area contributed by atoms with Gasteiger partial charge in [-0.1, -0.05) is 12.1 Å². The van der Waals surface area contributed by atoms with Gasteiger partial charge in [0.2, 0.25) is 5.91 Å². The van der Waals surface area contributed by atoms with Crippen molar-refractivity contribution in [3.8, 4) is 0 Å². The van der Waals surface area contributed by atoms with Crippen molar-refractivity contribution in [2.24, 2.45) is 0 Å². The summed E-state index contributed by atoms with van der Waals surface area (Å²) >= 11 is 0. The fourth-order valence-corrected chi connectivity index (χ4v) is 1.48. The maximum Gasteiger partial charge on any atom is 0.244 e. The largest absolute Gasteiger partial charge is 0.399 e. The van der Waals surface area contributed by atoms with Gasteiger partial charge in [-0.2, -0.15) is 0 Å². The van der Waals surface area contributed by atoms with Crippen molar-refractivity contribution in [1.29, 1.82) is 0 Å². The standard InChI is InChI=1S/C14H20N2O2/c1-3-18-11(2)10-16-14(17)8-7-12-5-4-6-13(15)9-12/h4-9,11H,3,10,15H2,1-2H3,(H,16,17)/b8-7+. The van der Waals surface area contributed by atoms with Gasteiger partial charge in [0.15, 0.2) is 0 Å². The van der Waals surface area contributed by atoms with E-state index in [0.29, 0.717) is 18.8 Å². The second-order valence-corrected chi connectivity index (χ2v) is 4.01. The molecule has 3 N–H and O–H groups in total. The number of carbonyl (C=O) groups excluding carboxylic acids is 1. The minimum absolute atomic E-state index is 0.0275. The van der Waals surface area contributed by atoms with E-state index in [4.69, 9.17) is 10.5 Å². The number of nitrogens with two attached hydrogens (primary N) is 1. The summed E-state index contributed by atoms with van der Waals surface area (Å²) in [5.41, 5.74) is 7.23. The first kappa shape index (κ1) is 14.3. The van der Waals surface area contributed by atoms with Crippen LogP contribution in [0.5, 0.6) is 0 Å². The molecule has 0 aromatic heterocycles. The van der Waals surface area contributed by atoms with Crippen LogP contribution < -0.4 is 11.1 Å². The molecule has 0 fully saturated rings. The van der Waals surface area contributed by atoms with Crippen LogP contribution in [0.25, 0.3) is 6.08 Å². The molecule has 0 aliphatic carbocycles. The Bertz CT molecular complexity index is 416. The predicted octanol–water partition coefficient (Wildman–Crippen LogP) is 1.82. The Morgan fingerprint density at radius 3 is 3.00 bits per heavy atom. The molecule has 0 spiro atoms. The van der Waals surface area contributed by atoms with E-state index in [1.807, 2.05) is 32.0 Å². The number of nitrogens with one attached hydrogen (secondary N) is 1. The summed E-state index contributed by atoms with van der Waals surface area (Å²) in [6.07, 6.45) is 3.25. The van der Waals surface area contributed by atoms with Gasteiger partial charge in [0.25, 0.3) is 0 Å². The summed E-state index contributed by atoms with van der Waals surface area (Å²) in [5, 5.41) is 2.77. The molecular weight excluding hydrogens is 228 g/mol. The third-order valence-corrected chi connectivity index (χ3v) is 2.35. The molecule has 0 heterocycles. The van der Waals surface area contributed by atoms with Crippen molar-refractivity contribution in [2.75, 3.05) is 18.9 Å². The zero-order valence-corrected chi connectivity index (χ0v) is 10.8. The van der Waals surface area contributed by atoms with Gasteiger partial charge in [-0.05, 0) is 37.6 Å². The van der Waals surface area contributed by atoms with Crippen LogP contribution in [0.1, 0.15) is 19.4 Å². The quantitative estimate of drug-likeness (QED) is 0.596. The fourth-order valence-electron chi connectivity index (χ4n) is 1.48. The third-order valence-electron chi connectivity index (χ3n) is 2.35. The lowest BCUT2D eigenvalue weighted by Gasteiger charge is -2.11. The highest BCUT2D eigenvalue weighted by Crippen LogP contribution is 2.07. The maximum absolute atomic E-state index is 11.5. The molecule has 4 nitrogen and oxygen atoms in total. The minimum Gasteiger partial charge on any atom is -0.399 e. The maximum atomic E-state index is 11.5. The molecule has 0 bridgehead atoms. The van der Waals surface area contributed by atoms with E-state index in [0.717, 1.165) is 5.56 Å². The van der Waals surface area contributed by atoms with Gasteiger partial charge in [0.05, 0.1) is 6.10 Å². The van der Waals surface area contributed by atoms with Crippen LogP contribution in [0, 0.1) is 0 Å². The van der Waals surface area contributed by atoms with E-state index < -0.39 is 0 Å². The highest BCUT2D eigenvalue weighted by Gasteiger charge is 2.02. The first-order valence-corrected chi connectivity index (χ1v) is 6.05. The third kappa shape index (κ3) is 5.50. The number of amides is 1. The first-order chi connectivity index (χ1) is 8.61. The van der Waals surface area contributed by atoms with Gasteiger partial charge < -0.3 is 15.8 Å². The Morgan fingerprint density at radius 1 is 1.56 bits per heavy atom. The monoisotopic (exact) mass is 248 g/mol. The van der Waals surface area contributed by atoms with Gasteiger partial charge in [0.1, 0.15) is 0 Å². The van der Waals surface area contributed by atoms with Crippen molar-refractivity contribution in [3.05, 3.63) is 35.9 Å². The molecule has 0 saturated heterocycles. The Balaban J connectivity index is 2.40. The summed E-state index contributed by atoms with van der Waals surface area (Å²) in [6, 6.07) is 7.36. The lowest BCUT2D eigenvalue weighted by Crippen LogP contribution is -2.30. The molecular formula is C14H20N2O2. The number of benzene rings is 1. The van der Waals surface area contributed by atoms with Gasteiger partial charge in [-0.25, -0.2) is 0 Å². The topological polar surface area (TPSA) is 64.3 Å². The van der Waals surface area contributed by atoms with Crippen LogP contribution in [-0.2, 0) is 9.53 Å². The molecule has 0 aliphatic rings. The number of hydrogen-bond acceptors (Lipinski definition) is 3. The zero-order chi connectivity index (χ0) is 13.4. The van der Waals surface area contributed by atoms with E-state index in [-0.39, 0.29) is 12.0 Å². The van der Waals surface area contributed by atoms with Crippen LogP contribution in [0.2, 0.25) is 0 Å². The highest BCUT2D eigenvalue weighted by atomic mass is 16.5. The number of rotatable bonds is 6. The average molecular weight is 248 g/mol. The van der Waals surface area contributed by atoms with Crippen LogP contribution in [0.3, 0.4) is 0 Å². The van der Waals surface area contributed by atoms with Crippen LogP contribution in [0.4, 0.5) is 5.69 Å². The minimum atomic E-state index is -0.135. The fraction of sp³-hybridized carbons (Fsp3) is 0.357. The van der Waals surface area contributed by atoms with Gasteiger partial charge in [-0.3, -0.25) is 4.79 Å². The van der Waals surface area contributed by atoms with Gasteiger partial charge >= 0.3 is 0 Å².